The van der Waals surface area contributed by atoms with Gasteiger partial charge in [-0.05, 0) is 68.8 Å². The molecule has 232 valence electrons. The normalized spacial score (nSPS) is 18.5. The second kappa shape index (κ2) is 14.8. The minimum atomic E-state index is -2.74. The van der Waals surface area contributed by atoms with Crippen molar-refractivity contribution < 1.29 is 39.6 Å². The Bertz CT molecular complexity index is 1380. The van der Waals surface area contributed by atoms with Gasteiger partial charge in [0.2, 0.25) is 5.91 Å². The minimum absolute atomic E-state index is 0.122. The third kappa shape index (κ3) is 8.89. The van der Waals surface area contributed by atoms with Crippen LogP contribution in [0.15, 0.2) is 66.9 Å². The van der Waals surface area contributed by atoms with E-state index in [0.29, 0.717) is 12.3 Å². The van der Waals surface area contributed by atoms with E-state index in [0.717, 1.165) is 38.8 Å². The first kappa shape index (κ1) is 33.3. The lowest BCUT2D eigenvalue weighted by Crippen LogP contribution is -2.45. The molecule has 5 N–H and O–H groups in total. The first-order valence-corrected chi connectivity index (χ1v) is 14.3. The van der Waals surface area contributed by atoms with Crippen molar-refractivity contribution in [3.63, 3.8) is 0 Å². The first-order valence-electron chi connectivity index (χ1n) is 14.3. The maximum absolute atomic E-state index is 12.4. The zero-order chi connectivity index (χ0) is 31.6. The standard InChI is InChI=1S/C26H33N3O.C6H8O7/c1-28(2)26(23-9-4-3-5-10-23)16-12-21(13-17-26)20-27-25(30)15-19-29-18-14-22-8-6-7-11-24(22)29;7-3(8)1-6(13,5(11)12)2-4(9)10/h3-11,14,18,21H,12-13,15-17,19-20H2,1-2H3,(H,27,30);13H,1-2H2,(H,7,8)(H,9,10)(H,11,12). The van der Waals surface area contributed by atoms with Gasteiger partial charge in [0.1, 0.15) is 0 Å². The molecule has 1 aliphatic carbocycles. The summed E-state index contributed by atoms with van der Waals surface area (Å²) >= 11 is 0. The summed E-state index contributed by atoms with van der Waals surface area (Å²) in [5.41, 5.74) is -0.00972. The fourth-order valence-electron chi connectivity index (χ4n) is 5.72. The average Bonchev–Trinajstić information content (AvgIpc) is 3.38. The Morgan fingerprint density at radius 1 is 0.907 bits per heavy atom. The van der Waals surface area contributed by atoms with Crippen LogP contribution in [0.2, 0.25) is 0 Å². The summed E-state index contributed by atoms with van der Waals surface area (Å²) in [5.74, 6) is -4.30. The molecule has 4 rings (SSSR count). The van der Waals surface area contributed by atoms with Gasteiger partial charge in [0.25, 0.3) is 0 Å². The number of aliphatic carboxylic acids is 3. The highest BCUT2D eigenvalue weighted by Gasteiger charge is 2.41. The van der Waals surface area contributed by atoms with Crippen LogP contribution in [-0.4, -0.2) is 79.9 Å². The van der Waals surface area contributed by atoms with E-state index in [1.54, 1.807) is 0 Å². The molecule has 1 saturated carbocycles. The van der Waals surface area contributed by atoms with Gasteiger partial charge in [-0.1, -0.05) is 48.5 Å². The highest BCUT2D eigenvalue weighted by molar-refractivity contribution is 5.88. The topological polar surface area (TPSA) is 169 Å². The number of carboxylic acid groups (broad SMARTS) is 3. The van der Waals surface area contributed by atoms with Crippen molar-refractivity contribution in [1.29, 1.82) is 0 Å². The van der Waals surface area contributed by atoms with E-state index >= 15 is 0 Å². The average molecular weight is 596 g/mol. The van der Waals surface area contributed by atoms with Crippen molar-refractivity contribution in [2.75, 3.05) is 20.6 Å². The van der Waals surface area contributed by atoms with Crippen LogP contribution in [0.5, 0.6) is 0 Å². The second-order valence-corrected chi connectivity index (χ2v) is 11.3. The van der Waals surface area contributed by atoms with Crippen LogP contribution in [0.4, 0.5) is 0 Å². The monoisotopic (exact) mass is 595 g/mol. The zero-order valence-electron chi connectivity index (χ0n) is 24.6. The predicted octanol–water partition coefficient (Wildman–Crippen LogP) is 3.55. The minimum Gasteiger partial charge on any atom is -0.481 e. The maximum Gasteiger partial charge on any atom is 0.336 e. The van der Waals surface area contributed by atoms with Gasteiger partial charge in [-0.2, -0.15) is 0 Å². The van der Waals surface area contributed by atoms with Crippen LogP contribution in [0, 0.1) is 5.92 Å². The Hall–Kier alpha value is -4.22. The molecular formula is C32H41N3O8. The lowest BCUT2D eigenvalue weighted by atomic mass is 9.72. The fraction of sp³-hybridized carbons (Fsp3) is 0.438. The highest BCUT2D eigenvalue weighted by atomic mass is 16.4. The van der Waals surface area contributed by atoms with Crippen LogP contribution in [0.1, 0.15) is 50.5 Å². The van der Waals surface area contributed by atoms with Gasteiger partial charge in [0.05, 0.1) is 12.8 Å². The van der Waals surface area contributed by atoms with E-state index in [1.165, 1.54) is 16.5 Å². The van der Waals surface area contributed by atoms with Crippen LogP contribution in [0.3, 0.4) is 0 Å². The van der Waals surface area contributed by atoms with Gasteiger partial charge in [-0.3, -0.25) is 19.3 Å². The SMILES string of the molecule is CN(C)C1(c2ccccc2)CCC(CNC(=O)CCn2ccc3ccccc32)CC1.O=C(O)CC(O)(CC(=O)O)C(=O)O. The van der Waals surface area contributed by atoms with E-state index < -0.39 is 36.4 Å². The summed E-state index contributed by atoms with van der Waals surface area (Å²) in [6, 6.07) is 21.3. The van der Waals surface area contributed by atoms with Crippen LogP contribution in [-0.2, 0) is 31.3 Å². The second-order valence-electron chi connectivity index (χ2n) is 11.3. The Labute approximate surface area is 250 Å². The molecule has 1 aliphatic rings. The summed E-state index contributed by atoms with van der Waals surface area (Å²) in [5, 5.41) is 38.2. The molecule has 0 saturated heterocycles. The number of benzene rings is 2. The third-order valence-corrected chi connectivity index (χ3v) is 8.23. The van der Waals surface area contributed by atoms with Crippen molar-refractivity contribution in [1.82, 2.24) is 14.8 Å². The predicted molar refractivity (Wildman–Crippen MR) is 160 cm³/mol. The summed E-state index contributed by atoms with van der Waals surface area (Å²) in [6.45, 7) is 1.52. The summed E-state index contributed by atoms with van der Waals surface area (Å²) < 4.78 is 2.17. The Morgan fingerprint density at radius 3 is 2.05 bits per heavy atom. The van der Waals surface area contributed by atoms with E-state index in [-0.39, 0.29) is 11.4 Å². The number of carboxylic acids is 3. The molecule has 1 amide bonds. The van der Waals surface area contributed by atoms with Crippen molar-refractivity contribution in [2.45, 2.75) is 62.6 Å². The molecular weight excluding hydrogens is 554 g/mol. The van der Waals surface area contributed by atoms with Gasteiger partial charge in [-0.25, -0.2) is 4.79 Å². The molecule has 0 bridgehead atoms. The number of fused-ring (bicyclic) bond motifs is 1. The van der Waals surface area contributed by atoms with Crippen LogP contribution < -0.4 is 5.32 Å². The van der Waals surface area contributed by atoms with Crippen molar-refractivity contribution in [3.8, 4) is 0 Å². The van der Waals surface area contributed by atoms with Gasteiger partial charge >= 0.3 is 17.9 Å². The molecule has 11 nitrogen and oxygen atoms in total. The van der Waals surface area contributed by atoms with Gasteiger partial charge in [0, 0.05) is 36.8 Å². The molecule has 0 unspecified atom stereocenters. The number of para-hydroxylation sites is 1. The first-order chi connectivity index (χ1) is 20.4. The van der Waals surface area contributed by atoms with E-state index in [2.05, 4.69) is 83.6 Å². The molecule has 0 spiro atoms. The van der Waals surface area contributed by atoms with E-state index in [1.807, 2.05) is 12.1 Å². The molecule has 0 aliphatic heterocycles. The Balaban J connectivity index is 0.000000331. The molecule has 43 heavy (non-hydrogen) atoms. The number of nitrogens with one attached hydrogen (secondary N) is 1. The number of amides is 1. The fourth-order valence-corrected chi connectivity index (χ4v) is 5.72. The lowest BCUT2D eigenvalue weighted by Gasteiger charge is -2.45. The van der Waals surface area contributed by atoms with Gasteiger partial charge < -0.3 is 30.3 Å². The van der Waals surface area contributed by atoms with Crippen molar-refractivity contribution in [3.05, 3.63) is 72.4 Å². The Kier molecular flexibility index (Phi) is 11.4. The number of nitrogens with zero attached hydrogens (tertiary/aromatic N) is 2. The third-order valence-electron chi connectivity index (χ3n) is 8.23. The molecule has 3 aromatic rings. The molecule has 0 radical (unpaired) electrons. The number of aromatic nitrogens is 1. The van der Waals surface area contributed by atoms with Crippen molar-refractivity contribution in [2.24, 2.45) is 5.92 Å². The molecule has 0 atom stereocenters. The van der Waals surface area contributed by atoms with Gasteiger partial charge in [0.15, 0.2) is 5.60 Å². The zero-order valence-corrected chi connectivity index (χ0v) is 24.6. The molecule has 11 heteroatoms. The van der Waals surface area contributed by atoms with Crippen molar-refractivity contribution >= 4 is 34.7 Å². The van der Waals surface area contributed by atoms with Crippen LogP contribution >= 0.6 is 0 Å². The molecule has 2 aromatic carbocycles. The molecule has 1 aromatic heterocycles. The summed E-state index contributed by atoms with van der Waals surface area (Å²) in [6.07, 6.45) is 4.88. The number of aryl methyl sites for hydroxylation is 1. The number of hydrogen-bond donors (Lipinski definition) is 5. The maximum atomic E-state index is 12.4. The number of aliphatic hydroxyl groups is 1. The number of carbonyl (C=O) groups is 4. The summed E-state index contributed by atoms with van der Waals surface area (Å²) in [7, 11) is 4.39. The highest BCUT2D eigenvalue weighted by Crippen LogP contribution is 2.42. The quantitative estimate of drug-likeness (QED) is 0.210. The number of hydrogen-bond acceptors (Lipinski definition) is 6. The number of carbonyl (C=O) groups excluding carboxylic acids is 1. The van der Waals surface area contributed by atoms with E-state index in [4.69, 9.17) is 20.4 Å². The molecule has 1 heterocycles. The smallest absolute Gasteiger partial charge is 0.336 e. The lowest BCUT2D eigenvalue weighted by molar-refractivity contribution is -0.170. The summed E-state index contributed by atoms with van der Waals surface area (Å²) in [4.78, 5) is 45.3. The van der Waals surface area contributed by atoms with Gasteiger partial charge in [-0.15, -0.1) is 0 Å². The van der Waals surface area contributed by atoms with E-state index in [9.17, 15) is 19.2 Å². The molecule has 1 fully saturated rings. The van der Waals surface area contributed by atoms with Crippen LogP contribution in [0.25, 0.3) is 10.9 Å². The largest absolute Gasteiger partial charge is 0.481 e. The number of rotatable bonds is 12. The Morgan fingerprint density at radius 2 is 1.49 bits per heavy atom.